The third-order valence-electron chi connectivity index (χ3n) is 7.70. The maximum absolute atomic E-state index is 15.1. The second kappa shape index (κ2) is 13.4. The molecule has 1 atom stereocenters. The maximum atomic E-state index is 15.1. The number of sulfonamides is 1. The molecule has 0 saturated heterocycles. The van der Waals surface area contributed by atoms with Crippen LogP contribution in [0.3, 0.4) is 0 Å². The highest BCUT2D eigenvalue weighted by Gasteiger charge is 2.27. The Morgan fingerprint density at radius 3 is 2.32 bits per heavy atom. The van der Waals surface area contributed by atoms with Gasteiger partial charge >= 0.3 is 11.7 Å². The molecule has 6 rings (SSSR count). The summed E-state index contributed by atoms with van der Waals surface area (Å²) in [6, 6.07) is 11.3. The average molecular weight is 719 g/mol. The molecular weight excluding hydrogens is 695 g/mol. The van der Waals surface area contributed by atoms with E-state index in [-0.39, 0.29) is 21.7 Å². The Bertz CT molecular complexity index is 2480. The van der Waals surface area contributed by atoms with Gasteiger partial charge in [0.15, 0.2) is 0 Å². The van der Waals surface area contributed by atoms with Gasteiger partial charge in [0.25, 0.3) is 21.5 Å². The van der Waals surface area contributed by atoms with Gasteiger partial charge in [-0.3, -0.25) is 28.8 Å². The molecule has 0 radical (unpaired) electrons. The fraction of sp³-hybridized carbons (Fsp3) is 0.0909. The first-order valence-electron chi connectivity index (χ1n) is 14.5. The van der Waals surface area contributed by atoms with Crippen molar-refractivity contribution in [2.45, 2.75) is 17.4 Å². The first kappa shape index (κ1) is 33.8. The lowest BCUT2D eigenvalue weighted by Crippen LogP contribution is -2.43. The number of aryl methyl sites for hydroxylation is 1. The molecule has 1 amide bonds. The van der Waals surface area contributed by atoms with Gasteiger partial charge < -0.3 is 10.4 Å². The van der Waals surface area contributed by atoms with E-state index in [4.69, 9.17) is 0 Å². The number of aliphatic carboxylic acids is 1. The van der Waals surface area contributed by atoms with E-state index in [9.17, 15) is 32.7 Å². The largest absolute Gasteiger partial charge is 0.480 e. The Hall–Kier alpha value is -6.07. The van der Waals surface area contributed by atoms with Crippen LogP contribution in [0.5, 0.6) is 0 Å². The topological polar surface area (TPSA) is 182 Å². The van der Waals surface area contributed by atoms with Crippen molar-refractivity contribution in [1.29, 1.82) is 0 Å². The number of thiophene rings is 1. The number of nitrogens with zero attached hydrogens (tertiary/aromatic N) is 4. The minimum absolute atomic E-state index is 0.0872. The van der Waals surface area contributed by atoms with Crippen LogP contribution in [0.4, 0.5) is 14.5 Å². The number of pyridine rings is 2. The highest BCUT2D eigenvalue weighted by molar-refractivity contribution is 7.92. The van der Waals surface area contributed by atoms with Gasteiger partial charge in [0, 0.05) is 25.4 Å². The number of halogens is 2. The summed E-state index contributed by atoms with van der Waals surface area (Å²) in [5, 5.41) is 15.8. The number of benzene rings is 2. The zero-order chi connectivity index (χ0) is 35.7. The Morgan fingerprint density at radius 1 is 0.980 bits per heavy atom. The monoisotopic (exact) mass is 718 g/mol. The molecule has 254 valence electrons. The lowest BCUT2D eigenvalue weighted by atomic mass is 10.1. The number of carbonyl (C=O) groups excluding carboxylic acids is 1. The van der Waals surface area contributed by atoms with Gasteiger partial charge in [0.2, 0.25) is 0 Å². The van der Waals surface area contributed by atoms with Gasteiger partial charge in [-0.2, -0.15) is 11.3 Å². The molecule has 2 aromatic carbocycles. The Labute approximate surface area is 285 Å². The molecule has 0 unspecified atom stereocenters. The predicted octanol–water partition coefficient (Wildman–Crippen LogP) is 3.71. The van der Waals surface area contributed by atoms with Crippen LogP contribution in [0.15, 0.2) is 104 Å². The zero-order valence-corrected chi connectivity index (χ0v) is 27.3. The average Bonchev–Trinajstić information content (AvgIpc) is 3.63. The van der Waals surface area contributed by atoms with Crippen molar-refractivity contribution >= 4 is 49.8 Å². The number of carbonyl (C=O) groups is 2. The van der Waals surface area contributed by atoms with Crippen molar-refractivity contribution in [3.63, 3.8) is 0 Å². The molecule has 0 bridgehead atoms. The molecule has 0 spiro atoms. The molecule has 0 aliphatic heterocycles. The number of anilines is 1. The van der Waals surface area contributed by atoms with Gasteiger partial charge in [-0.05, 0) is 70.4 Å². The number of amides is 1. The summed E-state index contributed by atoms with van der Waals surface area (Å²) >= 11 is 1.48. The second-order valence-electron chi connectivity index (χ2n) is 10.9. The van der Waals surface area contributed by atoms with Crippen molar-refractivity contribution in [2.75, 3.05) is 4.72 Å². The number of carboxylic acids is 1. The first-order valence-corrected chi connectivity index (χ1v) is 17.0. The maximum Gasteiger partial charge on any atom is 0.335 e. The molecule has 3 N–H and O–H groups in total. The highest BCUT2D eigenvalue weighted by Crippen LogP contribution is 2.26. The Balaban J connectivity index is 1.17. The zero-order valence-electron chi connectivity index (χ0n) is 25.7. The number of fused-ring (bicyclic) bond motifs is 1. The van der Waals surface area contributed by atoms with Crippen LogP contribution < -0.4 is 21.3 Å². The SMILES string of the molecule is Cn1c(=O)n(-c2ccc(C[C@H](NC(=O)c3c(F)cc(NS(=O)(=O)c4ccc(-c5ccsc5)cc4)cc3F)C(=O)O)nc2)c(=O)c2ccncc21. The van der Waals surface area contributed by atoms with E-state index >= 15 is 8.78 Å². The third kappa shape index (κ3) is 6.63. The summed E-state index contributed by atoms with van der Waals surface area (Å²) < 4.78 is 60.1. The smallest absolute Gasteiger partial charge is 0.335 e. The minimum atomic E-state index is -4.27. The number of aromatic nitrogens is 4. The van der Waals surface area contributed by atoms with Crippen molar-refractivity contribution in [2.24, 2.45) is 7.05 Å². The highest BCUT2D eigenvalue weighted by atomic mass is 32.2. The summed E-state index contributed by atoms with van der Waals surface area (Å²) in [6.45, 7) is 0. The normalized spacial score (nSPS) is 12.1. The standard InChI is InChI=1S/C33H24F2N6O7S2/c1-40-28-16-36-10-8-24(28)31(43)41(33(40)46)22-5-4-20(37-15-22)14-27(32(44)45)38-30(42)29-25(34)12-21(13-26(29)35)39-50(47,48)23-6-2-18(3-7-23)19-9-11-49-17-19/h2-13,15-17,27,39H,14H2,1H3,(H,38,42)(H,44,45)/t27-/m0/s1. The van der Waals surface area contributed by atoms with Crippen molar-refractivity contribution < 1.29 is 31.9 Å². The summed E-state index contributed by atoms with van der Waals surface area (Å²) in [7, 11) is -2.81. The summed E-state index contributed by atoms with van der Waals surface area (Å²) in [6.07, 6.45) is 3.51. The van der Waals surface area contributed by atoms with E-state index < -0.39 is 68.5 Å². The van der Waals surface area contributed by atoms with E-state index in [2.05, 4.69) is 20.0 Å². The van der Waals surface area contributed by atoms with Gasteiger partial charge in [0.1, 0.15) is 23.2 Å². The van der Waals surface area contributed by atoms with Crippen LogP contribution in [0.2, 0.25) is 0 Å². The second-order valence-corrected chi connectivity index (χ2v) is 13.4. The molecule has 0 saturated carbocycles. The van der Waals surface area contributed by atoms with Crippen LogP contribution >= 0.6 is 11.3 Å². The number of hydrogen-bond donors (Lipinski definition) is 3. The number of carboxylic acid groups (broad SMARTS) is 1. The summed E-state index contributed by atoms with van der Waals surface area (Å²) in [5.74, 6) is -5.86. The summed E-state index contributed by atoms with van der Waals surface area (Å²) in [5.41, 5.74) is -0.760. The number of rotatable bonds is 10. The lowest BCUT2D eigenvalue weighted by Gasteiger charge is -2.16. The van der Waals surface area contributed by atoms with Crippen LogP contribution in [-0.4, -0.2) is 50.5 Å². The van der Waals surface area contributed by atoms with E-state index in [0.29, 0.717) is 17.6 Å². The molecule has 0 fully saturated rings. The van der Waals surface area contributed by atoms with E-state index in [1.54, 1.807) is 12.1 Å². The van der Waals surface area contributed by atoms with Crippen LogP contribution in [0.25, 0.3) is 27.7 Å². The fourth-order valence-corrected chi connectivity index (χ4v) is 6.86. The molecule has 13 nitrogen and oxygen atoms in total. The molecule has 4 aromatic heterocycles. The van der Waals surface area contributed by atoms with Gasteiger partial charge in [0.05, 0.1) is 39.6 Å². The predicted molar refractivity (Wildman–Crippen MR) is 180 cm³/mol. The molecule has 50 heavy (non-hydrogen) atoms. The van der Waals surface area contributed by atoms with Gasteiger partial charge in [-0.1, -0.05) is 12.1 Å². The molecule has 17 heteroatoms. The van der Waals surface area contributed by atoms with Crippen LogP contribution in [0, 0.1) is 11.6 Å². The van der Waals surface area contributed by atoms with Crippen molar-refractivity contribution in [3.05, 3.63) is 134 Å². The molecule has 0 aliphatic carbocycles. The van der Waals surface area contributed by atoms with E-state index in [1.807, 2.05) is 16.8 Å². The molecule has 0 aliphatic rings. The minimum Gasteiger partial charge on any atom is -0.480 e. The first-order chi connectivity index (χ1) is 23.8. The quantitative estimate of drug-likeness (QED) is 0.190. The molecule has 6 aromatic rings. The van der Waals surface area contributed by atoms with Crippen LogP contribution in [-0.2, 0) is 28.3 Å². The summed E-state index contributed by atoms with van der Waals surface area (Å²) in [4.78, 5) is 58.8. The van der Waals surface area contributed by atoms with Gasteiger partial charge in [-0.15, -0.1) is 0 Å². The number of nitrogens with one attached hydrogen (secondary N) is 2. The van der Waals surface area contributed by atoms with E-state index in [0.717, 1.165) is 15.7 Å². The Morgan fingerprint density at radius 2 is 1.70 bits per heavy atom. The van der Waals surface area contributed by atoms with Crippen molar-refractivity contribution in [1.82, 2.24) is 24.4 Å². The molecular formula is C33H24F2N6O7S2. The van der Waals surface area contributed by atoms with Crippen LogP contribution in [0.1, 0.15) is 16.1 Å². The van der Waals surface area contributed by atoms with E-state index in [1.165, 1.54) is 71.9 Å². The number of hydrogen-bond acceptors (Lipinski definition) is 9. The third-order valence-corrected chi connectivity index (χ3v) is 9.78. The van der Waals surface area contributed by atoms with Crippen molar-refractivity contribution in [3.8, 4) is 16.8 Å². The van der Waals surface area contributed by atoms with Gasteiger partial charge in [-0.25, -0.2) is 31.4 Å². The lowest BCUT2D eigenvalue weighted by molar-refractivity contribution is -0.139. The molecule has 4 heterocycles. The Kier molecular flexibility index (Phi) is 9.09. The fourth-order valence-electron chi connectivity index (χ4n) is 5.15.